The fourth-order valence-electron chi connectivity index (χ4n) is 13.7. The number of nitrogens with one attached hydrogen (secondary N) is 2. The first kappa shape index (κ1) is 72.7. The van der Waals surface area contributed by atoms with Crippen molar-refractivity contribution in [3.05, 3.63) is 154 Å². The molecule has 2 aromatic heterocycles. The lowest BCUT2D eigenvalue weighted by Gasteiger charge is -2.39. The van der Waals surface area contributed by atoms with Crippen LogP contribution in [0.25, 0.3) is 37.5 Å². The van der Waals surface area contributed by atoms with Gasteiger partial charge in [0.05, 0.1) is 54.5 Å². The molecule has 536 valence electrons. The number of benzene rings is 4. The SMILES string of the molecule is [N-]=[N+]=NCO[C@@H]1C[C@H](n2cc(C#CCNC(=O)COCCOC(COc3cccc(C(=O)NCCCC(=O)c4ccc(C(=O)O)c(C5=c6cc7c8c(c6Oc6c5cc5c9c6CCCN9CCC5)CCC[N+]=8CCC7)c4)c3)N=[N+]=[N-])c3c(N)ncnc32)O[C@@H]1COP(=O)(O)OP(=O)(O)OP(=O)(O)O. The number of hydrogen-bond donors (Lipinski definition) is 8. The number of hydrogen-bond acceptors (Lipinski definition) is 22. The van der Waals surface area contributed by atoms with Gasteiger partial charge in [-0.15, -0.1) is 0 Å². The summed E-state index contributed by atoms with van der Waals surface area (Å²) in [4.78, 5) is 107. The molecule has 102 heavy (non-hydrogen) atoms. The van der Waals surface area contributed by atoms with Gasteiger partial charge >= 0.3 is 29.4 Å². The van der Waals surface area contributed by atoms with E-state index < -0.39 is 85.9 Å². The Morgan fingerprint density at radius 3 is 2.46 bits per heavy atom. The minimum Gasteiger partial charge on any atom is -0.491 e. The highest BCUT2D eigenvalue weighted by Gasteiger charge is 2.45. The largest absolute Gasteiger partial charge is 0.491 e. The summed E-state index contributed by atoms with van der Waals surface area (Å²) in [5.74, 6) is 5.19. The van der Waals surface area contributed by atoms with Gasteiger partial charge in [-0.1, -0.05) is 34.2 Å². The van der Waals surface area contributed by atoms with Crippen molar-refractivity contribution in [2.24, 2.45) is 10.2 Å². The lowest BCUT2D eigenvalue weighted by molar-refractivity contribution is -0.126. The van der Waals surface area contributed by atoms with Crippen LogP contribution in [0, 0.1) is 11.8 Å². The molecule has 0 spiro atoms. The van der Waals surface area contributed by atoms with Gasteiger partial charge in [-0.25, -0.2) is 33.0 Å². The molecule has 6 aromatic rings. The quantitative estimate of drug-likeness (QED) is 0.00372. The maximum absolute atomic E-state index is 14.2. The molecule has 8 heterocycles. The minimum absolute atomic E-state index is 0.00468. The van der Waals surface area contributed by atoms with E-state index >= 15 is 0 Å². The van der Waals surface area contributed by atoms with E-state index in [9.17, 15) is 53.3 Å². The predicted molar refractivity (Wildman–Crippen MR) is 360 cm³/mol. The first-order chi connectivity index (χ1) is 49.1. The molecule has 1 fully saturated rings. The van der Waals surface area contributed by atoms with Crippen LogP contribution in [-0.2, 0) is 76.3 Å². The average Bonchev–Trinajstić information content (AvgIpc) is 1.13. The molecule has 35 nitrogen and oxygen atoms in total. The second kappa shape index (κ2) is 31.6. The number of ether oxygens (including phenoxy) is 6. The van der Waals surface area contributed by atoms with E-state index in [0.29, 0.717) is 11.1 Å². The number of nitrogen functional groups attached to an aromatic ring is 1. The number of carboxylic acid groups (broad SMARTS) is 1. The average molecular weight is 1460 g/mol. The Balaban J connectivity index is 0.611. The zero-order valence-corrected chi connectivity index (χ0v) is 57.2. The molecule has 38 heteroatoms. The number of carboxylic acids is 1. The summed E-state index contributed by atoms with van der Waals surface area (Å²) in [6.07, 6.45) is 5.90. The number of rotatable bonds is 30. The lowest BCUT2D eigenvalue weighted by Crippen LogP contribution is -2.45. The molecule has 0 aliphatic carbocycles. The Labute approximate surface area is 580 Å². The number of nitrogens with zero attached hydrogens (tertiary/aromatic N) is 11. The van der Waals surface area contributed by atoms with Crippen molar-refractivity contribution in [1.29, 1.82) is 0 Å². The molecule has 12 rings (SSSR count). The van der Waals surface area contributed by atoms with Crippen molar-refractivity contribution in [2.45, 2.75) is 95.3 Å². The van der Waals surface area contributed by atoms with Gasteiger partial charge in [-0.05, 0) is 110 Å². The second-order valence-corrected chi connectivity index (χ2v) is 28.8. The van der Waals surface area contributed by atoms with E-state index in [0.717, 1.165) is 123 Å². The van der Waals surface area contributed by atoms with E-state index in [-0.39, 0.29) is 97.2 Å². The topological polar surface area (TPSA) is 488 Å². The van der Waals surface area contributed by atoms with Crippen molar-refractivity contribution in [1.82, 2.24) is 29.7 Å². The van der Waals surface area contributed by atoms with Crippen LogP contribution in [0.4, 0.5) is 11.5 Å². The summed E-state index contributed by atoms with van der Waals surface area (Å²) in [5, 5.41) is 25.6. The van der Waals surface area contributed by atoms with Crippen molar-refractivity contribution in [3.8, 4) is 29.1 Å². The zero-order chi connectivity index (χ0) is 71.9. The Bertz CT molecular complexity index is 4790. The first-order valence-electron chi connectivity index (χ1n) is 32.6. The lowest BCUT2D eigenvalue weighted by atomic mass is 9.81. The number of anilines is 2. The van der Waals surface area contributed by atoms with Crippen molar-refractivity contribution in [2.75, 3.05) is 89.7 Å². The van der Waals surface area contributed by atoms with Crippen LogP contribution in [0.2, 0.25) is 0 Å². The normalized spacial score (nSPS) is 18.6. The number of fused-ring (bicyclic) bond motifs is 5. The molecule has 6 atom stereocenters. The Kier molecular flexibility index (Phi) is 22.5. The predicted octanol–water partition coefficient (Wildman–Crippen LogP) is 6.04. The van der Waals surface area contributed by atoms with Gasteiger partial charge in [0.25, 0.3) is 5.91 Å². The highest BCUT2D eigenvalue weighted by Crippen LogP contribution is 2.66. The van der Waals surface area contributed by atoms with Crippen molar-refractivity contribution in [3.63, 3.8) is 0 Å². The summed E-state index contributed by atoms with van der Waals surface area (Å²) in [7, 11) is -17.1. The summed E-state index contributed by atoms with van der Waals surface area (Å²) in [6.45, 7) is 1.52. The fourth-order valence-corrected chi connectivity index (χ4v) is 16.7. The third-order valence-electron chi connectivity index (χ3n) is 17.8. The van der Waals surface area contributed by atoms with Crippen LogP contribution in [0.15, 0.2) is 77.3 Å². The number of amides is 2. The molecular formula is C64H70N14O21P3+. The van der Waals surface area contributed by atoms with Gasteiger partial charge < -0.3 is 78.9 Å². The standard InChI is InChI=1S/C64H69N14O21P3/c65-61-55-41(31-78(62(55)71-35-70-61)54-30-50(94-36-72-74-66)51(96-54)32-95-101(87,88)99-102(89,90)98-100(84,85)86)9-2-18-68-52(80)33-91-24-25-92-53(73-75-67)34-93-42-12-1-8-40(26-42)63(81)69-19-3-15-49(79)37-16-17-43(64(82)83)46(27-37)56-47-28-38-10-4-20-76-22-6-13-44(57(38)76)59(47)97-60-45-14-7-23-77-21-5-11-39(58(45)77)29-48(56)60/h1,8,12,16-17,26-29,31,35,50-51,53-54H,3-7,10-11,13-15,18-25,30,32-34,36H2,(H8-,65,68,69,70,71,80,81,82,83,84,85,86,87,88,89,90)/p+1/t50-,51-,53?,54-/m1/s1. The molecule has 1 saturated heterocycles. The van der Waals surface area contributed by atoms with Gasteiger partial charge in [-0.2, -0.15) is 8.62 Å². The Morgan fingerprint density at radius 1 is 0.873 bits per heavy atom. The third-order valence-corrected chi connectivity index (χ3v) is 21.6. The summed E-state index contributed by atoms with van der Waals surface area (Å²) in [6, 6.07) is 15.5. The number of azide groups is 2. The molecule has 0 radical (unpaired) electrons. The monoisotopic (exact) mass is 1460 g/mol. The number of Topliss-reactive ketones (excluding diaryl/α,β-unsaturated/α-hetero) is 1. The van der Waals surface area contributed by atoms with Gasteiger partial charge in [0.2, 0.25) is 11.3 Å². The van der Waals surface area contributed by atoms with Crippen LogP contribution >= 0.6 is 23.5 Å². The second-order valence-electron chi connectivity index (χ2n) is 24.4. The Hall–Kier alpha value is -9.12. The maximum Gasteiger partial charge on any atom is 0.490 e. The minimum atomic E-state index is -5.83. The van der Waals surface area contributed by atoms with Crippen LogP contribution in [-0.4, -0.2) is 160 Å². The van der Waals surface area contributed by atoms with E-state index in [2.05, 4.69) is 82.7 Å². The number of aryl methyl sites for hydroxylation is 2. The van der Waals surface area contributed by atoms with Gasteiger partial charge in [-0.3, -0.25) is 18.9 Å². The molecule has 6 aliphatic rings. The number of aromatic nitrogens is 3. The molecule has 2 amide bonds. The van der Waals surface area contributed by atoms with Gasteiger partial charge in [0.1, 0.15) is 80.4 Å². The van der Waals surface area contributed by atoms with Crippen LogP contribution in [0.1, 0.15) is 121 Å². The van der Waals surface area contributed by atoms with Gasteiger partial charge in [0.15, 0.2) is 12.0 Å². The van der Waals surface area contributed by atoms with Crippen LogP contribution in [0.3, 0.4) is 0 Å². The van der Waals surface area contributed by atoms with E-state index in [1.807, 2.05) is 0 Å². The van der Waals surface area contributed by atoms with Gasteiger partial charge in [0, 0.05) is 106 Å². The third kappa shape index (κ3) is 16.8. The molecule has 6 aliphatic heterocycles. The molecule has 9 N–H and O–H groups in total. The maximum atomic E-state index is 14.2. The summed E-state index contributed by atoms with van der Waals surface area (Å²) >= 11 is 0. The van der Waals surface area contributed by atoms with Crippen LogP contribution in [0.5, 0.6) is 17.2 Å². The summed E-state index contributed by atoms with van der Waals surface area (Å²) in [5.41, 5.74) is 33.5. The van der Waals surface area contributed by atoms with E-state index in [4.69, 9.17) is 54.0 Å². The highest BCUT2D eigenvalue weighted by atomic mass is 31.3. The number of aromatic carboxylic acids is 1. The summed E-state index contributed by atoms with van der Waals surface area (Å²) < 4.78 is 87.4. The zero-order valence-electron chi connectivity index (χ0n) is 54.5. The smallest absolute Gasteiger partial charge is 0.490 e. The number of phosphoric ester groups is 1. The molecule has 0 saturated carbocycles. The highest BCUT2D eigenvalue weighted by molar-refractivity contribution is 7.66. The number of phosphoric acid groups is 3. The number of ketones is 1. The molecule has 4 aromatic carbocycles. The molecular weight excluding hydrogens is 1390 g/mol. The number of carbonyl (C=O) groups excluding carboxylic acids is 3. The fraction of sp³-hybridized carbons (Fsp3) is 0.422. The van der Waals surface area contributed by atoms with E-state index in [1.165, 1.54) is 45.1 Å². The molecule has 0 bridgehead atoms. The van der Waals surface area contributed by atoms with Crippen molar-refractivity contribution < 1.29 is 99.1 Å². The van der Waals surface area contributed by atoms with Crippen LogP contribution < -0.4 is 45.9 Å². The molecule has 3 unspecified atom stereocenters. The Morgan fingerprint density at radius 2 is 1.67 bits per heavy atom. The first-order valence-corrected chi connectivity index (χ1v) is 37.1. The number of nitrogens with two attached hydrogens (primary N) is 1. The van der Waals surface area contributed by atoms with Crippen molar-refractivity contribution >= 4 is 75.1 Å². The number of carbonyl (C=O) groups is 4. The van der Waals surface area contributed by atoms with E-state index in [1.54, 1.807) is 30.3 Å².